The molecule has 1 aliphatic heterocycles. The maximum absolute atomic E-state index is 11.3. The molecule has 1 aromatic rings. The maximum Gasteiger partial charge on any atom is 0.262 e. The third-order valence-electron chi connectivity index (χ3n) is 2.88. The molecule has 0 radical (unpaired) electrons. The molecule has 110 valence electrons. The number of aliphatic hydroxyl groups excluding tert-OH is 1. The zero-order valence-electron chi connectivity index (χ0n) is 11.4. The van der Waals surface area contributed by atoms with Crippen molar-refractivity contribution in [2.24, 2.45) is 0 Å². The summed E-state index contributed by atoms with van der Waals surface area (Å²) in [6.45, 7) is 2.05. The van der Waals surface area contributed by atoms with E-state index < -0.39 is 0 Å². The number of carbonyl (C=O) groups excluding carboxylic acids is 1. The van der Waals surface area contributed by atoms with Crippen LogP contribution in [0.4, 0.5) is 5.69 Å². The Morgan fingerprint density at radius 2 is 2.30 bits per heavy atom. The van der Waals surface area contributed by atoms with Gasteiger partial charge < -0.3 is 20.5 Å². The Hall–Kier alpha value is -1.24. The first-order valence-corrected chi connectivity index (χ1v) is 7.90. The van der Waals surface area contributed by atoms with Gasteiger partial charge in [-0.1, -0.05) is 6.07 Å². The van der Waals surface area contributed by atoms with Crippen LogP contribution >= 0.6 is 11.8 Å². The number of hydrogen-bond acceptors (Lipinski definition) is 5. The van der Waals surface area contributed by atoms with Crippen LogP contribution in [0.3, 0.4) is 0 Å². The Morgan fingerprint density at radius 1 is 1.40 bits per heavy atom. The van der Waals surface area contributed by atoms with Crippen LogP contribution in [0, 0.1) is 0 Å². The van der Waals surface area contributed by atoms with E-state index in [-0.39, 0.29) is 19.1 Å². The normalized spacial score (nSPS) is 13.6. The predicted molar refractivity (Wildman–Crippen MR) is 81.3 cm³/mol. The summed E-state index contributed by atoms with van der Waals surface area (Å²) < 4.78 is 5.32. The molecule has 2 rings (SSSR count). The van der Waals surface area contributed by atoms with Gasteiger partial charge >= 0.3 is 0 Å². The number of thioether (sulfide) groups is 1. The zero-order chi connectivity index (χ0) is 14.2. The molecule has 0 bridgehead atoms. The van der Waals surface area contributed by atoms with E-state index in [0.717, 1.165) is 48.0 Å². The molecule has 0 spiro atoms. The van der Waals surface area contributed by atoms with E-state index in [0.29, 0.717) is 0 Å². The molecule has 0 aliphatic carbocycles. The largest absolute Gasteiger partial charge is 0.482 e. The molecular weight excluding hydrogens is 276 g/mol. The summed E-state index contributed by atoms with van der Waals surface area (Å²) in [5, 5.41) is 14.8. The third kappa shape index (κ3) is 4.70. The van der Waals surface area contributed by atoms with Crippen molar-refractivity contribution in [2.45, 2.75) is 13.0 Å². The lowest BCUT2D eigenvalue weighted by Crippen LogP contribution is -2.25. The summed E-state index contributed by atoms with van der Waals surface area (Å²) in [7, 11) is 0. The Labute approximate surface area is 123 Å². The quantitative estimate of drug-likeness (QED) is 0.629. The molecule has 0 atom stereocenters. The molecule has 0 saturated heterocycles. The summed E-state index contributed by atoms with van der Waals surface area (Å²) in [5.41, 5.74) is 1.87. The molecule has 5 nitrogen and oxygen atoms in total. The molecule has 0 aromatic heterocycles. The number of amides is 1. The number of rotatable bonds is 8. The van der Waals surface area contributed by atoms with E-state index in [4.69, 9.17) is 9.84 Å². The molecule has 1 amide bonds. The lowest BCUT2D eigenvalue weighted by molar-refractivity contribution is -0.118. The highest BCUT2D eigenvalue weighted by atomic mass is 32.2. The van der Waals surface area contributed by atoms with Crippen LogP contribution in [0.15, 0.2) is 18.2 Å². The summed E-state index contributed by atoms with van der Waals surface area (Å²) in [4.78, 5) is 11.3. The van der Waals surface area contributed by atoms with Gasteiger partial charge in [-0.25, -0.2) is 0 Å². The number of aliphatic hydroxyl groups is 1. The molecular formula is C14H20N2O3S. The minimum Gasteiger partial charge on any atom is -0.482 e. The van der Waals surface area contributed by atoms with E-state index >= 15 is 0 Å². The van der Waals surface area contributed by atoms with E-state index in [9.17, 15) is 4.79 Å². The molecule has 1 aromatic carbocycles. The second kappa shape index (κ2) is 8.14. The van der Waals surface area contributed by atoms with Crippen molar-refractivity contribution < 1.29 is 14.6 Å². The summed E-state index contributed by atoms with van der Waals surface area (Å²) in [6, 6.07) is 5.84. The fourth-order valence-electron chi connectivity index (χ4n) is 1.89. The lowest BCUT2D eigenvalue weighted by atomic mass is 10.1. The zero-order valence-corrected chi connectivity index (χ0v) is 12.2. The molecule has 0 unspecified atom stereocenters. The average molecular weight is 296 g/mol. The smallest absolute Gasteiger partial charge is 0.262 e. The number of ether oxygens (including phenoxy) is 1. The van der Waals surface area contributed by atoms with Gasteiger partial charge in [0.15, 0.2) is 6.61 Å². The van der Waals surface area contributed by atoms with Crippen LogP contribution in [0.25, 0.3) is 0 Å². The topological polar surface area (TPSA) is 70.6 Å². The van der Waals surface area contributed by atoms with Gasteiger partial charge in [0.2, 0.25) is 0 Å². The second-order valence-electron chi connectivity index (χ2n) is 4.53. The SMILES string of the molecule is O=C1COc2ccc(CNCCSCCCO)cc2N1. The summed E-state index contributed by atoms with van der Waals surface area (Å²) >= 11 is 1.84. The Bertz CT molecular complexity index is 454. The fourth-order valence-corrected chi connectivity index (χ4v) is 2.71. The predicted octanol–water partition coefficient (Wildman–Crippen LogP) is 1.22. The number of carbonyl (C=O) groups is 1. The van der Waals surface area contributed by atoms with Crippen LogP contribution in [-0.4, -0.2) is 42.3 Å². The first kappa shape index (κ1) is 15.2. The van der Waals surface area contributed by atoms with Gasteiger partial charge in [-0.05, 0) is 29.9 Å². The van der Waals surface area contributed by atoms with Gasteiger partial charge in [-0.2, -0.15) is 11.8 Å². The second-order valence-corrected chi connectivity index (χ2v) is 5.76. The standard InChI is InChI=1S/C14H20N2O3S/c17-5-1-6-20-7-4-15-9-11-2-3-13-12(8-11)16-14(18)10-19-13/h2-3,8,15,17H,1,4-7,9-10H2,(H,16,18). The highest BCUT2D eigenvalue weighted by molar-refractivity contribution is 7.99. The van der Waals surface area contributed by atoms with Crippen molar-refractivity contribution >= 4 is 23.4 Å². The summed E-state index contributed by atoms with van der Waals surface area (Å²) in [5.74, 6) is 2.65. The van der Waals surface area contributed by atoms with Crippen LogP contribution in [0.1, 0.15) is 12.0 Å². The van der Waals surface area contributed by atoms with Gasteiger partial charge in [-0.3, -0.25) is 4.79 Å². The minimum absolute atomic E-state index is 0.0929. The summed E-state index contributed by atoms with van der Waals surface area (Å²) in [6.07, 6.45) is 0.856. The van der Waals surface area contributed by atoms with E-state index in [1.54, 1.807) is 0 Å². The molecule has 1 aliphatic rings. The van der Waals surface area contributed by atoms with Gasteiger partial charge in [0.25, 0.3) is 5.91 Å². The molecule has 6 heteroatoms. The van der Waals surface area contributed by atoms with Crippen LogP contribution in [-0.2, 0) is 11.3 Å². The number of anilines is 1. The number of fused-ring (bicyclic) bond motifs is 1. The van der Waals surface area contributed by atoms with E-state index in [1.165, 1.54) is 0 Å². The Morgan fingerprint density at radius 3 is 3.15 bits per heavy atom. The van der Waals surface area contributed by atoms with Crippen molar-refractivity contribution in [1.82, 2.24) is 5.32 Å². The first-order chi connectivity index (χ1) is 9.79. The van der Waals surface area contributed by atoms with E-state index in [2.05, 4.69) is 10.6 Å². The molecule has 0 saturated carbocycles. The van der Waals surface area contributed by atoms with Gasteiger partial charge in [0.1, 0.15) is 5.75 Å². The van der Waals surface area contributed by atoms with E-state index in [1.807, 2.05) is 30.0 Å². The van der Waals surface area contributed by atoms with Crippen molar-refractivity contribution in [1.29, 1.82) is 0 Å². The van der Waals surface area contributed by atoms with Crippen molar-refractivity contribution in [3.8, 4) is 5.75 Å². The molecule has 3 N–H and O–H groups in total. The fraction of sp³-hybridized carbons (Fsp3) is 0.500. The van der Waals surface area contributed by atoms with Crippen LogP contribution in [0.5, 0.6) is 5.75 Å². The average Bonchev–Trinajstić information content (AvgIpc) is 2.46. The van der Waals surface area contributed by atoms with Crippen molar-refractivity contribution in [3.63, 3.8) is 0 Å². The van der Waals surface area contributed by atoms with Gasteiger partial charge in [0.05, 0.1) is 5.69 Å². The number of nitrogens with one attached hydrogen (secondary N) is 2. The van der Waals surface area contributed by atoms with Crippen LogP contribution in [0.2, 0.25) is 0 Å². The number of hydrogen-bond donors (Lipinski definition) is 3. The van der Waals surface area contributed by atoms with Crippen molar-refractivity contribution in [3.05, 3.63) is 23.8 Å². The first-order valence-electron chi connectivity index (χ1n) is 6.74. The third-order valence-corrected chi connectivity index (χ3v) is 3.95. The number of benzene rings is 1. The Balaban J connectivity index is 1.71. The molecule has 1 heterocycles. The van der Waals surface area contributed by atoms with Crippen molar-refractivity contribution in [2.75, 3.05) is 36.6 Å². The van der Waals surface area contributed by atoms with Gasteiger partial charge in [0, 0.05) is 25.4 Å². The monoisotopic (exact) mass is 296 g/mol. The molecule has 0 fully saturated rings. The minimum atomic E-state index is -0.108. The lowest BCUT2D eigenvalue weighted by Gasteiger charge is -2.18. The molecule has 20 heavy (non-hydrogen) atoms. The maximum atomic E-state index is 11.3. The highest BCUT2D eigenvalue weighted by Gasteiger charge is 2.15. The Kier molecular flexibility index (Phi) is 6.17. The highest BCUT2D eigenvalue weighted by Crippen LogP contribution is 2.28. The van der Waals surface area contributed by atoms with Crippen LogP contribution < -0.4 is 15.4 Å². The van der Waals surface area contributed by atoms with Gasteiger partial charge in [-0.15, -0.1) is 0 Å².